The molecule has 4 heteroatoms. The highest BCUT2D eigenvalue weighted by atomic mass is 35.5. The lowest BCUT2D eigenvalue weighted by Gasteiger charge is -2.21. The standard InChI is InChI=1S/C17H17ClFNO/c1-21-14-7-4-12(5-8-14)17(11-2-3-11)20-16-9-6-13(19)10-15(16)18/h4-11,17,20H,2-3H2,1H3. The molecule has 1 unspecified atom stereocenters. The number of hydrogen-bond donors (Lipinski definition) is 1. The van der Waals surface area contributed by atoms with Crippen LogP contribution < -0.4 is 10.1 Å². The molecule has 3 rings (SSSR count). The van der Waals surface area contributed by atoms with Crippen LogP contribution in [0.25, 0.3) is 0 Å². The molecule has 1 N–H and O–H groups in total. The van der Waals surface area contributed by atoms with Gasteiger partial charge < -0.3 is 10.1 Å². The summed E-state index contributed by atoms with van der Waals surface area (Å²) in [6.07, 6.45) is 2.39. The molecule has 110 valence electrons. The van der Waals surface area contributed by atoms with Crippen LogP contribution in [0.2, 0.25) is 5.02 Å². The lowest BCUT2D eigenvalue weighted by molar-refractivity contribution is 0.414. The minimum Gasteiger partial charge on any atom is -0.497 e. The van der Waals surface area contributed by atoms with Gasteiger partial charge in [-0.25, -0.2) is 4.39 Å². The van der Waals surface area contributed by atoms with Crippen molar-refractivity contribution < 1.29 is 9.13 Å². The number of ether oxygens (including phenoxy) is 1. The van der Waals surface area contributed by atoms with Gasteiger partial charge in [0, 0.05) is 0 Å². The molecule has 0 saturated heterocycles. The Kier molecular flexibility index (Phi) is 4.02. The van der Waals surface area contributed by atoms with E-state index in [0.717, 1.165) is 11.4 Å². The van der Waals surface area contributed by atoms with Crippen molar-refractivity contribution in [2.24, 2.45) is 5.92 Å². The van der Waals surface area contributed by atoms with Crippen LogP contribution in [0.5, 0.6) is 5.75 Å². The van der Waals surface area contributed by atoms with E-state index >= 15 is 0 Å². The molecule has 1 saturated carbocycles. The van der Waals surface area contributed by atoms with Gasteiger partial charge >= 0.3 is 0 Å². The van der Waals surface area contributed by atoms with Crippen molar-refractivity contribution in [1.29, 1.82) is 0 Å². The number of nitrogens with one attached hydrogen (secondary N) is 1. The smallest absolute Gasteiger partial charge is 0.124 e. The molecule has 21 heavy (non-hydrogen) atoms. The lowest BCUT2D eigenvalue weighted by atomic mass is 10.0. The molecule has 0 amide bonds. The average Bonchev–Trinajstić information content (AvgIpc) is 3.31. The highest BCUT2D eigenvalue weighted by Crippen LogP contribution is 2.44. The molecule has 0 radical (unpaired) electrons. The minimum absolute atomic E-state index is 0.193. The van der Waals surface area contributed by atoms with Crippen molar-refractivity contribution in [3.05, 3.63) is 58.9 Å². The van der Waals surface area contributed by atoms with Gasteiger partial charge in [-0.2, -0.15) is 0 Å². The molecule has 1 fully saturated rings. The SMILES string of the molecule is COc1ccc(C(Nc2ccc(F)cc2Cl)C2CC2)cc1. The first kappa shape index (κ1) is 14.2. The second-order valence-electron chi connectivity index (χ2n) is 5.36. The zero-order valence-electron chi connectivity index (χ0n) is 11.8. The molecule has 1 aliphatic rings. The van der Waals surface area contributed by atoms with Crippen LogP contribution in [0.4, 0.5) is 10.1 Å². The van der Waals surface area contributed by atoms with E-state index in [1.807, 2.05) is 12.1 Å². The summed E-state index contributed by atoms with van der Waals surface area (Å²) in [6, 6.07) is 12.7. The summed E-state index contributed by atoms with van der Waals surface area (Å²) in [5.41, 5.74) is 1.96. The minimum atomic E-state index is -0.321. The van der Waals surface area contributed by atoms with Gasteiger partial charge in [-0.15, -0.1) is 0 Å². The fraction of sp³-hybridized carbons (Fsp3) is 0.294. The van der Waals surface area contributed by atoms with Gasteiger partial charge in [0.15, 0.2) is 0 Å². The van der Waals surface area contributed by atoms with Crippen LogP contribution in [0.3, 0.4) is 0 Å². The molecule has 1 aliphatic carbocycles. The van der Waals surface area contributed by atoms with E-state index < -0.39 is 0 Å². The van der Waals surface area contributed by atoms with E-state index in [0.29, 0.717) is 10.9 Å². The quantitative estimate of drug-likeness (QED) is 0.834. The average molecular weight is 306 g/mol. The Morgan fingerprint density at radius 2 is 1.90 bits per heavy atom. The van der Waals surface area contributed by atoms with Crippen LogP contribution in [0, 0.1) is 11.7 Å². The summed E-state index contributed by atoms with van der Waals surface area (Å²) in [7, 11) is 1.66. The van der Waals surface area contributed by atoms with Gasteiger partial charge in [0.2, 0.25) is 0 Å². The highest BCUT2D eigenvalue weighted by molar-refractivity contribution is 6.33. The predicted molar refractivity (Wildman–Crippen MR) is 83.5 cm³/mol. The van der Waals surface area contributed by atoms with E-state index in [-0.39, 0.29) is 11.9 Å². The van der Waals surface area contributed by atoms with E-state index in [4.69, 9.17) is 16.3 Å². The first-order valence-electron chi connectivity index (χ1n) is 7.03. The highest BCUT2D eigenvalue weighted by Gasteiger charge is 2.32. The molecule has 1 atom stereocenters. The zero-order chi connectivity index (χ0) is 14.8. The summed E-state index contributed by atoms with van der Waals surface area (Å²) < 4.78 is 18.3. The first-order valence-corrected chi connectivity index (χ1v) is 7.40. The lowest BCUT2D eigenvalue weighted by Crippen LogP contribution is -2.13. The van der Waals surface area contributed by atoms with Crippen molar-refractivity contribution in [2.45, 2.75) is 18.9 Å². The maximum Gasteiger partial charge on any atom is 0.124 e. The topological polar surface area (TPSA) is 21.3 Å². The molecule has 0 spiro atoms. The Morgan fingerprint density at radius 1 is 1.19 bits per heavy atom. The third-order valence-electron chi connectivity index (χ3n) is 3.81. The maximum absolute atomic E-state index is 13.1. The van der Waals surface area contributed by atoms with Crippen LogP contribution in [-0.4, -0.2) is 7.11 Å². The first-order chi connectivity index (χ1) is 10.2. The molecule has 2 aromatic rings. The number of hydrogen-bond acceptors (Lipinski definition) is 2. The molecule has 0 heterocycles. The van der Waals surface area contributed by atoms with Crippen LogP contribution in [0.1, 0.15) is 24.4 Å². The number of methoxy groups -OCH3 is 1. The van der Waals surface area contributed by atoms with E-state index in [1.165, 1.54) is 30.5 Å². The van der Waals surface area contributed by atoms with Crippen molar-refractivity contribution in [1.82, 2.24) is 0 Å². The molecule has 2 nitrogen and oxygen atoms in total. The van der Waals surface area contributed by atoms with Crippen molar-refractivity contribution in [2.75, 3.05) is 12.4 Å². The number of benzene rings is 2. The Hall–Kier alpha value is -1.74. The van der Waals surface area contributed by atoms with Crippen LogP contribution in [-0.2, 0) is 0 Å². The zero-order valence-corrected chi connectivity index (χ0v) is 12.5. The number of anilines is 1. The second kappa shape index (κ2) is 5.94. The Balaban J connectivity index is 1.84. The maximum atomic E-state index is 13.1. The molecule has 2 aromatic carbocycles. The predicted octanol–water partition coefficient (Wildman–Crippen LogP) is 5.05. The van der Waals surface area contributed by atoms with Gasteiger partial charge in [0.05, 0.1) is 23.9 Å². The van der Waals surface area contributed by atoms with E-state index in [2.05, 4.69) is 17.4 Å². The Bertz CT molecular complexity index is 625. The Morgan fingerprint density at radius 3 is 2.48 bits per heavy atom. The summed E-state index contributed by atoms with van der Waals surface area (Å²) in [5.74, 6) is 1.12. The number of rotatable bonds is 5. The van der Waals surface area contributed by atoms with Crippen LogP contribution in [0.15, 0.2) is 42.5 Å². The summed E-state index contributed by atoms with van der Waals surface area (Å²) in [4.78, 5) is 0. The van der Waals surface area contributed by atoms with Gasteiger partial charge in [0.25, 0.3) is 0 Å². The number of halogens is 2. The largest absolute Gasteiger partial charge is 0.497 e. The molecular weight excluding hydrogens is 289 g/mol. The van der Waals surface area contributed by atoms with Gasteiger partial charge in [-0.1, -0.05) is 23.7 Å². The fourth-order valence-corrected chi connectivity index (χ4v) is 2.71. The second-order valence-corrected chi connectivity index (χ2v) is 5.76. The molecule has 0 bridgehead atoms. The molecule has 0 aliphatic heterocycles. The third kappa shape index (κ3) is 3.30. The normalized spacial score (nSPS) is 15.6. The van der Waals surface area contributed by atoms with E-state index in [1.54, 1.807) is 13.2 Å². The summed E-state index contributed by atoms with van der Waals surface area (Å²) in [5, 5.41) is 3.86. The fourth-order valence-electron chi connectivity index (χ4n) is 2.49. The van der Waals surface area contributed by atoms with E-state index in [9.17, 15) is 4.39 Å². The molecular formula is C17H17ClFNO. The summed E-state index contributed by atoms with van der Waals surface area (Å²) in [6.45, 7) is 0. The van der Waals surface area contributed by atoms with Crippen LogP contribution >= 0.6 is 11.6 Å². The van der Waals surface area contributed by atoms with Gasteiger partial charge in [0.1, 0.15) is 11.6 Å². The van der Waals surface area contributed by atoms with Crippen molar-refractivity contribution in [3.8, 4) is 5.75 Å². The third-order valence-corrected chi connectivity index (χ3v) is 4.12. The van der Waals surface area contributed by atoms with Gasteiger partial charge in [-0.3, -0.25) is 0 Å². The van der Waals surface area contributed by atoms with Crippen molar-refractivity contribution in [3.63, 3.8) is 0 Å². The summed E-state index contributed by atoms with van der Waals surface area (Å²) >= 11 is 6.11. The van der Waals surface area contributed by atoms with Gasteiger partial charge in [-0.05, 0) is 54.7 Å². The monoisotopic (exact) mass is 305 g/mol. The molecule has 0 aromatic heterocycles. The Labute approximate surface area is 128 Å². The van der Waals surface area contributed by atoms with Crippen molar-refractivity contribution >= 4 is 17.3 Å².